The third kappa shape index (κ3) is 4.53. The molecule has 2 aromatic rings. The quantitative estimate of drug-likeness (QED) is 0.686. The number of piperazine rings is 1. The van der Waals surface area contributed by atoms with Crippen molar-refractivity contribution in [2.24, 2.45) is 0 Å². The zero-order valence-corrected chi connectivity index (χ0v) is 16.9. The van der Waals surface area contributed by atoms with Gasteiger partial charge >= 0.3 is 0 Å². The molecule has 0 saturated carbocycles. The Labute approximate surface area is 160 Å². The van der Waals surface area contributed by atoms with Gasteiger partial charge in [0.25, 0.3) is 5.91 Å². The summed E-state index contributed by atoms with van der Waals surface area (Å²) in [5, 5.41) is 5.41. The van der Waals surface area contributed by atoms with E-state index in [-0.39, 0.29) is 11.9 Å². The van der Waals surface area contributed by atoms with Gasteiger partial charge in [0.2, 0.25) is 0 Å². The van der Waals surface area contributed by atoms with E-state index in [1.807, 2.05) is 31.2 Å². The highest BCUT2D eigenvalue weighted by molar-refractivity contribution is 7.10. The van der Waals surface area contributed by atoms with Crippen molar-refractivity contribution in [1.82, 2.24) is 5.32 Å². The molecule has 4 nitrogen and oxygen atoms in total. The molecule has 1 fully saturated rings. The molecule has 1 aromatic carbocycles. The summed E-state index contributed by atoms with van der Waals surface area (Å²) in [4.78, 5) is 17.4. The SMILES string of the molecule is CC[NH+]1CC[NH+]([C@@H](c2cccs2)[C@H](C)NC(=O)c2ccc(C)cc2)CC1. The molecule has 3 N–H and O–H groups in total. The fraction of sp³-hybridized carbons (Fsp3) is 0.476. The lowest BCUT2D eigenvalue weighted by molar-refractivity contribution is -1.03. The molecular weight excluding hydrogens is 342 g/mol. The van der Waals surface area contributed by atoms with Crippen molar-refractivity contribution in [2.75, 3.05) is 32.7 Å². The Balaban J connectivity index is 1.72. The van der Waals surface area contributed by atoms with E-state index in [0.29, 0.717) is 6.04 Å². The van der Waals surface area contributed by atoms with Gasteiger partial charge in [0.15, 0.2) is 0 Å². The van der Waals surface area contributed by atoms with Crippen LogP contribution in [0.1, 0.15) is 40.7 Å². The lowest BCUT2D eigenvalue weighted by Gasteiger charge is -2.36. The second-order valence-electron chi connectivity index (χ2n) is 7.38. The summed E-state index contributed by atoms with van der Waals surface area (Å²) in [6.45, 7) is 12.4. The number of thiophene rings is 1. The van der Waals surface area contributed by atoms with Crippen LogP contribution in [-0.4, -0.2) is 44.7 Å². The number of rotatable bonds is 6. The maximum Gasteiger partial charge on any atom is 0.251 e. The van der Waals surface area contributed by atoms with Gasteiger partial charge < -0.3 is 15.1 Å². The molecule has 1 aliphatic rings. The Hall–Kier alpha value is -1.69. The number of carbonyl (C=O) groups is 1. The number of aryl methyl sites for hydroxylation is 1. The summed E-state index contributed by atoms with van der Waals surface area (Å²) >= 11 is 1.81. The van der Waals surface area contributed by atoms with Crippen LogP contribution >= 0.6 is 11.3 Å². The molecule has 1 aliphatic heterocycles. The van der Waals surface area contributed by atoms with Crippen molar-refractivity contribution < 1.29 is 14.6 Å². The lowest BCUT2D eigenvalue weighted by atomic mass is 10.0. The molecule has 2 heterocycles. The molecule has 0 aliphatic carbocycles. The van der Waals surface area contributed by atoms with Crippen molar-refractivity contribution >= 4 is 17.2 Å². The Morgan fingerprint density at radius 2 is 1.85 bits per heavy atom. The molecule has 0 radical (unpaired) electrons. The van der Waals surface area contributed by atoms with Crippen LogP contribution in [-0.2, 0) is 0 Å². The van der Waals surface area contributed by atoms with Crippen LogP contribution < -0.4 is 15.1 Å². The topological polar surface area (TPSA) is 38.0 Å². The number of likely N-dealkylation sites (N-methyl/N-ethyl adjacent to an activating group) is 1. The van der Waals surface area contributed by atoms with Gasteiger partial charge in [-0.15, -0.1) is 11.3 Å². The van der Waals surface area contributed by atoms with E-state index in [1.165, 1.54) is 30.1 Å². The molecule has 1 saturated heterocycles. The Morgan fingerprint density at radius 1 is 1.15 bits per heavy atom. The van der Waals surface area contributed by atoms with Gasteiger partial charge in [-0.3, -0.25) is 4.79 Å². The average molecular weight is 374 g/mol. The highest BCUT2D eigenvalue weighted by Crippen LogP contribution is 2.20. The number of amides is 1. The molecule has 3 rings (SSSR count). The molecule has 0 spiro atoms. The molecule has 1 aromatic heterocycles. The first-order valence-electron chi connectivity index (χ1n) is 9.67. The van der Waals surface area contributed by atoms with E-state index in [1.54, 1.807) is 21.1 Å². The van der Waals surface area contributed by atoms with Crippen LogP contribution in [0.5, 0.6) is 0 Å². The van der Waals surface area contributed by atoms with Gasteiger partial charge in [-0.25, -0.2) is 0 Å². The first-order chi connectivity index (χ1) is 12.6. The molecule has 26 heavy (non-hydrogen) atoms. The number of hydrogen-bond donors (Lipinski definition) is 3. The summed E-state index contributed by atoms with van der Waals surface area (Å²) in [5.41, 5.74) is 1.91. The van der Waals surface area contributed by atoms with E-state index in [0.717, 1.165) is 18.7 Å². The van der Waals surface area contributed by atoms with Gasteiger partial charge in [0.1, 0.15) is 32.2 Å². The normalized spacial score (nSPS) is 22.6. The Kier molecular flexibility index (Phi) is 6.46. The monoisotopic (exact) mass is 373 g/mol. The van der Waals surface area contributed by atoms with Crippen molar-refractivity contribution in [2.45, 2.75) is 32.9 Å². The van der Waals surface area contributed by atoms with Gasteiger partial charge in [0, 0.05) is 5.56 Å². The highest BCUT2D eigenvalue weighted by atomic mass is 32.1. The van der Waals surface area contributed by atoms with Gasteiger partial charge in [-0.2, -0.15) is 0 Å². The third-order valence-electron chi connectivity index (χ3n) is 5.56. The summed E-state index contributed by atoms with van der Waals surface area (Å²) in [7, 11) is 0. The van der Waals surface area contributed by atoms with Crippen molar-refractivity contribution in [3.8, 4) is 0 Å². The van der Waals surface area contributed by atoms with Crippen molar-refractivity contribution in [3.05, 3.63) is 57.8 Å². The van der Waals surface area contributed by atoms with Crippen LogP contribution in [0.15, 0.2) is 41.8 Å². The van der Waals surface area contributed by atoms with E-state index in [2.05, 4.69) is 36.7 Å². The van der Waals surface area contributed by atoms with Gasteiger partial charge in [-0.05, 0) is 44.4 Å². The smallest absolute Gasteiger partial charge is 0.251 e. The number of carbonyl (C=O) groups excluding carboxylic acids is 1. The molecular formula is C21H31N3OS+2. The number of nitrogens with one attached hydrogen (secondary N) is 3. The fourth-order valence-electron chi connectivity index (χ4n) is 3.94. The number of hydrogen-bond acceptors (Lipinski definition) is 2. The minimum Gasteiger partial charge on any atom is -0.343 e. The number of benzene rings is 1. The summed E-state index contributed by atoms with van der Waals surface area (Å²) in [6, 6.07) is 12.6. The Bertz CT molecular complexity index is 691. The Morgan fingerprint density at radius 3 is 2.42 bits per heavy atom. The predicted molar refractivity (Wildman–Crippen MR) is 107 cm³/mol. The van der Waals surface area contributed by atoms with E-state index >= 15 is 0 Å². The second kappa shape index (κ2) is 8.80. The lowest BCUT2D eigenvalue weighted by Crippen LogP contribution is -3.28. The number of quaternary nitrogens is 2. The van der Waals surface area contributed by atoms with Crippen LogP contribution in [0, 0.1) is 6.92 Å². The van der Waals surface area contributed by atoms with E-state index in [9.17, 15) is 4.79 Å². The summed E-state index contributed by atoms with van der Waals surface area (Å²) in [6.07, 6.45) is 0. The van der Waals surface area contributed by atoms with Gasteiger partial charge in [-0.1, -0.05) is 23.8 Å². The predicted octanol–water partition coefficient (Wildman–Crippen LogP) is 0.719. The summed E-state index contributed by atoms with van der Waals surface area (Å²) < 4.78 is 0. The zero-order chi connectivity index (χ0) is 18.5. The van der Waals surface area contributed by atoms with Crippen LogP contribution in [0.4, 0.5) is 0 Å². The van der Waals surface area contributed by atoms with Gasteiger partial charge in [0.05, 0.1) is 17.5 Å². The molecule has 0 unspecified atom stereocenters. The maximum absolute atomic E-state index is 12.7. The molecule has 0 bridgehead atoms. The largest absolute Gasteiger partial charge is 0.343 e. The zero-order valence-electron chi connectivity index (χ0n) is 16.0. The molecule has 1 amide bonds. The summed E-state index contributed by atoms with van der Waals surface area (Å²) in [5.74, 6) is 0.0243. The average Bonchev–Trinajstić information content (AvgIpc) is 3.17. The first kappa shape index (κ1) is 19.1. The van der Waals surface area contributed by atoms with Crippen LogP contribution in [0.2, 0.25) is 0 Å². The minimum absolute atomic E-state index is 0.0243. The highest BCUT2D eigenvalue weighted by Gasteiger charge is 2.35. The molecule has 5 heteroatoms. The van der Waals surface area contributed by atoms with Crippen molar-refractivity contribution in [1.29, 1.82) is 0 Å². The van der Waals surface area contributed by atoms with E-state index in [4.69, 9.17) is 0 Å². The van der Waals surface area contributed by atoms with E-state index < -0.39 is 0 Å². The standard InChI is InChI=1S/C21H29N3OS/c1-4-23-11-13-24(14-12-23)20(19-6-5-15-26-19)17(3)22-21(25)18-9-7-16(2)8-10-18/h5-10,15,17,20H,4,11-14H2,1-3H3,(H,22,25)/p+2/t17-,20+/m0/s1. The fourth-order valence-corrected chi connectivity index (χ4v) is 4.93. The van der Waals surface area contributed by atoms with Crippen LogP contribution in [0.25, 0.3) is 0 Å². The minimum atomic E-state index is 0.0243. The second-order valence-corrected chi connectivity index (χ2v) is 8.36. The molecule has 2 atom stereocenters. The third-order valence-corrected chi connectivity index (χ3v) is 6.52. The maximum atomic E-state index is 12.7. The van der Waals surface area contributed by atoms with Crippen LogP contribution in [0.3, 0.4) is 0 Å². The van der Waals surface area contributed by atoms with Crippen molar-refractivity contribution in [3.63, 3.8) is 0 Å². The first-order valence-corrected chi connectivity index (χ1v) is 10.6. The molecule has 140 valence electrons.